The summed E-state index contributed by atoms with van der Waals surface area (Å²) >= 11 is 5.99. The maximum atomic E-state index is 13.8. The molecule has 0 bridgehead atoms. The molecule has 0 spiro atoms. The molecule has 1 amide bonds. The van der Waals surface area contributed by atoms with Crippen molar-refractivity contribution in [3.05, 3.63) is 57.9 Å². The number of halogens is 4. The molecule has 188 valence electrons. The predicted molar refractivity (Wildman–Crippen MR) is 132 cm³/mol. The molecule has 11 heteroatoms. The van der Waals surface area contributed by atoms with Gasteiger partial charge in [-0.25, -0.2) is 13.2 Å². The summed E-state index contributed by atoms with van der Waals surface area (Å²) in [7, 11) is -1.28. The molecule has 0 N–H and O–H groups in total. The summed E-state index contributed by atoms with van der Waals surface area (Å²) in [5.41, 5.74) is 1.17. The number of pyridine rings is 1. The maximum absolute atomic E-state index is 13.8. The third kappa shape index (κ3) is 5.65. The number of carbonyl (C=O) groups is 1. The van der Waals surface area contributed by atoms with Crippen LogP contribution in [0.15, 0.2) is 41.5 Å². The monoisotopic (exact) mass is 525 g/mol. The van der Waals surface area contributed by atoms with Crippen molar-refractivity contribution in [2.75, 3.05) is 19.7 Å². The van der Waals surface area contributed by atoms with Crippen LogP contribution < -0.4 is 5.56 Å². The van der Waals surface area contributed by atoms with Gasteiger partial charge in [-0.05, 0) is 29.8 Å². The van der Waals surface area contributed by atoms with Crippen LogP contribution in [0.2, 0.25) is 30.7 Å². The molecule has 1 saturated heterocycles. The Morgan fingerprint density at radius 2 is 1.89 bits per heavy atom. The van der Waals surface area contributed by atoms with Gasteiger partial charge in [0.15, 0.2) is 0 Å². The average Bonchev–Trinajstić information content (AvgIpc) is 3.12. The molecule has 0 aliphatic carbocycles. The molecule has 4 rings (SSSR count). The van der Waals surface area contributed by atoms with E-state index >= 15 is 0 Å². The minimum Gasteiger partial charge on any atom is -0.361 e. The molecule has 0 unspecified atom stereocenters. The highest BCUT2D eigenvalue weighted by molar-refractivity contribution is 6.76. The van der Waals surface area contributed by atoms with Crippen LogP contribution in [0.4, 0.5) is 13.2 Å². The first kappa shape index (κ1) is 25.5. The molecule has 35 heavy (non-hydrogen) atoms. The van der Waals surface area contributed by atoms with Crippen molar-refractivity contribution in [2.24, 2.45) is 0 Å². The highest BCUT2D eigenvalue weighted by atomic mass is 35.5. The number of fused-ring (bicyclic) bond motifs is 1. The Balaban J connectivity index is 1.69. The number of rotatable bonds is 8. The predicted octanol–water partition coefficient (Wildman–Crippen LogP) is 5.05. The van der Waals surface area contributed by atoms with Crippen molar-refractivity contribution in [3.8, 4) is 11.1 Å². The SMILES string of the molecule is C[Si](C)(C)CCOCn1cc(-c2ccc(F)c(Cl)c2)c2c(=O)n(CC(=O)N3CC(F)(F)C3)ccc21. The van der Waals surface area contributed by atoms with E-state index in [1.54, 1.807) is 16.8 Å². The number of benzene rings is 1. The van der Waals surface area contributed by atoms with Gasteiger partial charge in [-0.15, -0.1) is 0 Å². The van der Waals surface area contributed by atoms with E-state index in [2.05, 4.69) is 19.6 Å². The van der Waals surface area contributed by atoms with Crippen LogP contribution in [0.1, 0.15) is 0 Å². The molecule has 0 atom stereocenters. The number of alkyl halides is 2. The normalized spacial score (nSPS) is 15.5. The Labute approximate surface area is 206 Å². The molecule has 1 aliphatic heterocycles. The third-order valence-electron chi connectivity index (χ3n) is 5.97. The fraction of sp³-hybridized carbons (Fsp3) is 0.417. The lowest BCUT2D eigenvalue weighted by molar-refractivity contribution is -0.166. The highest BCUT2D eigenvalue weighted by Gasteiger charge is 2.46. The number of likely N-dealkylation sites (tertiary alicyclic amines) is 1. The van der Waals surface area contributed by atoms with E-state index in [4.69, 9.17) is 16.3 Å². The first-order valence-corrected chi connectivity index (χ1v) is 15.3. The summed E-state index contributed by atoms with van der Waals surface area (Å²) in [6.45, 7) is 5.90. The Bertz CT molecular complexity index is 1330. The Hall–Kier alpha value is -2.56. The molecular formula is C24H27ClF3N3O3Si. The third-order valence-corrected chi connectivity index (χ3v) is 7.96. The molecular weight excluding hydrogens is 499 g/mol. The number of amides is 1. The lowest BCUT2D eigenvalue weighted by Gasteiger charge is -2.38. The van der Waals surface area contributed by atoms with Crippen molar-refractivity contribution in [1.29, 1.82) is 0 Å². The number of carbonyl (C=O) groups excluding carboxylic acids is 1. The smallest absolute Gasteiger partial charge is 0.282 e. The van der Waals surface area contributed by atoms with Crippen LogP contribution in [0.5, 0.6) is 0 Å². The first-order chi connectivity index (χ1) is 16.3. The Morgan fingerprint density at radius 3 is 2.51 bits per heavy atom. The molecule has 6 nitrogen and oxygen atoms in total. The van der Waals surface area contributed by atoms with Crippen LogP contribution in [-0.2, 0) is 22.8 Å². The van der Waals surface area contributed by atoms with E-state index in [0.29, 0.717) is 28.6 Å². The number of nitrogens with zero attached hydrogens (tertiary/aromatic N) is 3. The molecule has 1 fully saturated rings. The number of ether oxygens (including phenoxy) is 1. The second-order valence-corrected chi connectivity index (χ2v) is 16.1. The fourth-order valence-corrected chi connectivity index (χ4v) is 4.87. The van der Waals surface area contributed by atoms with Crippen LogP contribution in [0.25, 0.3) is 22.0 Å². The van der Waals surface area contributed by atoms with Crippen molar-refractivity contribution in [3.63, 3.8) is 0 Å². The number of hydrogen-bond acceptors (Lipinski definition) is 3. The number of aromatic nitrogens is 2. The van der Waals surface area contributed by atoms with Gasteiger partial charge in [-0.3, -0.25) is 9.59 Å². The summed E-state index contributed by atoms with van der Waals surface area (Å²) in [5.74, 6) is -4.02. The van der Waals surface area contributed by atoms with Gasteiger partial charge in [0, 0.05) is 32.6 Å². The summed E-state index contributed by atoms with van der Waals surface area (Å²) < 4.78 is 49.0. The Kier molecular flexibility index (Phi) is 6.91. The zero-order chi connectivity index (χ0) is 25.5. The maximum Gasteiger partial charge on any atom is 0.282 e. The summed E-state index contributed by atoms with van der Waals surface area (Å²) in [4.78, 5) is 26.9. The highest BCUT2D eigenvalue weighted by Crippen LogP contribution is 2.31. The van der Waals surface area contributed by atoms with Gasteiger partial charge in [-0.2, -0.15) is 0 Å². The van der Waals surface area contributed by atoms with E-state index in [1.807, 2.05) is 0 Å². The largest absolute Gasteiger partial charge is 0.361 e. The van der Waals surface area contributed by atoms with Gasteiger partial charge >= 0.3 is 0 Å². The minimum absolute atomic E-state index is 0.0834. The van der Waals surface area contributed by atoms with E-state index in [0.717, 1.165) is 10.9 Å². The van der Waals surface area contributed by atoms with Crippen molar-refractivity contribution < 1.29 is 22.7 Å². The zero-order valence-electron chi connectivity index (χ0n) is 19.8. The second kappa shape index (κ2) is 9.48. The standard InChI is InChI=1S/C24H27ClF3N3O3Si/c1-35(2,3)9-8-34-15-30-11-17(16-4-5-19(26)18(25)10-16)22-20(30)6-7-29(23(22)33)12-21(32)31-13-24(27,28)14-31/h4-7,10-11H,8-9,12-15H2,1-3H3. The van der Waals surface area contributed by atoms with Gasteiger partial charge in [0.05, 0.1) is 29.0 Å². The fourth-order valence-electron chi connectivity index (χ4n) is 3.94. The van der Waals surface area contributed by atoms with Gasteiger partial charge in [0.2, 0.25) is 5.91 Å². The van der Waals surface area contributed by atoms with E-state index in [1.165, 1.54) is 29.0 Å². The summed E-state index contributed by atoms with van der Waals surface area (Å²) in [6, 6.07) is 6.85. The average molecular weight is 526 g/mol. The van der Waals surface area contributed by atoms with Gasteiger partial charge in [0.25, 0.3) is 11.5 Å². The molecule has 3 heterocycles. The van der Waals surface area contributed by atoms with Crippen molar-refractivity contribution in [2.45, 2.75) is 44.9 Å². The first-order valence-electron chi connectivity index (χ1n) is 11.3. The molecule has 3 aromatic rings. The number of hydrogen-bond donors (Lipinski definition) is 0. The lowest BCUT2D eigenvalue weighted by atomic mass is 10.1. The molecule has 0 saturated carbocycles. The molecule has 1 aliphatic rings. The summed E-state index contributed by atoms with van der Waals surface area (Å²) in [6.07, 6.45) is 3.22. The van der Waals surface area contributed by atoms with E-state index in [9.17, 15) is 22.8 Å². The van der Waals surface area contributed by atoms with Crippen molar-refractivity contribution >= 4 is 36.5 Å². The zero-order valence-corrected chi connectivity index (χ0v) is 21.5. The van der Waals surface area contributed by atoms with Gasteiger partial charge in [0.1, 0.15) is 19.1 Å². The van der Waals surface area contributed by atoms with Gasteiger partial charge < -0.3 is 18.8 Å². The second-order valence-electron chi connectivity index (χ2n) is 10.1. The van der Waals surface area contributed by atoms with Crippen LogP contribution in [0.3, 0.4) is 0 Å². The Morgan fingerprint density at radius 1 is 1.17 bits per heavy atom. The molecule has 1 aromatic carbocycles. The van der Waals surface area contributed by atoms with Crippen LogP contribution in [-0.4, -0.2) is 53.6 Å². The van der Waals surface area contributed by atoms with E-state index in [-0.39, 0.29) is 18.3 Å². The summed E-state index contributed by atoms with van der Waals surface area (Å²) in [5, 5.41) is 0.227. The topological polar surface area (TPSA) is 56.5 Å². The lowest BCUT2D eigenvalue weighted by Crippen LogP contribution is -2.59. The molecule has 2 aromatic heterocycles. The van der Waals surface area contributed by atoms with Crippen molar-refractivity contribution in [1.82, 2.24) is 14.0 Å². The van der Waals surface area contributed by atoms with Crippen LogP contribution in [0, 0.1) is 5.82 Å². The van der Waals surface area contributed by atoms with Gasteiger partial charge in [-0.1, -0.05) is 37.3 Å². The van der Waals surface area contributed by atoms with Crippen LogP contribution >= 0.6 is 11.6 Å². The molecule has 0 radical (unpaired) electrons. The van der Waals surface area contributed by atoms with E-state index < -0.39 is 44.4 Å². The minimum atomic E-state index is -2.88. The quantitative estimate of drug-likeness (QED) is 0.305.